The topological polar surface area (TPSA) is 52.6 Å². The maximum absolute atomic E-state index is 11.8. The predicted octanol–water partition coefficient (Wildman–Crippen LogP) is 2.90. The zero-order chi connectivity index (χ0) is 15.1. The molecule has 0 fully saturated rings. The number of esters is 2. The lowest BCUT2D eigenvalue weighted by atomic mass is 10.1. The lowest BCUT2D eigenvalue weighted by molar-refractivity contribution is -0.144. The smallest absolute Gasteiger partial charge is 0.310 e. The standard InChI is InChI=1S/C17H16O4/c1-13(18)21-16-9-5-8-15(10-16)11-17(19)20-12-14-6-3-2-4-7-14/h2-10H,11-12H2,1H3. The first-order valence-electron chi connectivity index (χ1n) is 6.60. The summed E-state index contributed by atoms with van der Waals surface area (Å²) in [6.07, 6.45) is 0.141. The van der Waals surface area contributed by atoms with Crippen LogP contribution in [0.15, 0.2) is 54.6 Å². The van der Waals surface area contributed by atoms with E-state index in [-0.39, 0.29) is 25.0 Å². The third-order valence-corrected chi connectivity index (χ3v) is 2.75. The van der Waals surface area contributed by atoms with Crippen molar-refractivity contribution in [2.24, 2.45) is 0 Å². The summed E-state index contributed by atoms with van der Waals surface area (Å²) in [5.41, 5.74) is 1.69. The van der Waals surface area contributed by atoms with Crippen LogP contribution in [0.25, 0.3) is 0 Å². The molecule has 0 bridgehead atoms. The van der Waals surface area contributed by atoms with Crippen molar-refractivity contribution in [3.05, 3.63) is 65.7 Å². The molecule has 0 spiro atoms. The maximum atomic E-state index is 11.8. The van der Waals surface area contributed by atoms with Gasteiger partial charge in [-0.25, -0.2) is 0 Å². The summed E-state index contributed by atoms with van der Waals surface area (Å²) < 4.78 is 10.2. The number of hydrogen-bond acceptors (Lipinski definition) is 4. The highest BCUT2D eigenvalue weighted by Crippen LogP contribution is 2.14. The number of carbonyl (C=O) groups is 2. The normalized spacial score (nSPS) is 9.95. The van der Waals surface area contributed by atoms with Gasteiger partial charge in [-0.3, -0.25) is 9.59 Å². The Kier molecular flexibility index (Phi) is 5.10. The molecular weight excluding hydrogens is 268 g/mol. The third kappa shape index (κ3) is 5.10. The zero-order valence-corrected chi connectivity index (χ0v) is 11.7. The summed E-state index contributed by atoms with van der Waals surface area (Å²) in [5.74, 6) is -0.284. The van der Waals surface area contributed by atoms with Gasteiger partial charge < -0.3 is 9.47 Å². The van der Waals surface area contributed by atoms with E-state index in [1.54, 1.807) is 24.3 Å². The van der Waals surface area contributed by atoms with E-state index in [4.69, 9.17) is 9.47 Å². The Hall–Kier alpha value is -2.62. The second-order valence-corrected chi connectivity index (χ2v) is 4.56. The molecule has 0 aliphatic heterocycles. The van der Waals surface area contributed by atoms with Crippen LogP contribution >= 0.6 is 0 Å². The van der Waals surface area contributed by atoms with Crippen LogP contribution in [0.5, 0.6) is 5.75 Å². The van der Waals surface area contributed by atoms with Crippen molar-refractivity contribution in [2.45, 2.75) is 20.0 Å². The molecule has 0 aliphatic rings. The van der Waals surface area contributed by atoms with E-state index in [1.807, 2.05) is 30.3 Å². The number of ether oxygens (including phenoxy) is 2. The van der Waals surface area contributed by atoms with E-state index in [1.165, 1.54) is 6.92 Å². The fourth-order valence-electron chi connectivity index (χ4n) is 1.84. The second-order valence-electron chi connectivity index (χ2n) is 4.56. The average molecular weight is 284 g/mol. The lowest BCUT2D eigenvalue weighted by Gasteiger charge is -2.06. The predicted molar refractivity (Wildman–Crippen MR) is 77.7 cm³/mol. The van der Waals surface area contributed by atoms with Gasteiger partial charge in [0.15, 0.2) is 0 Å². The van der Waals surface area contributed by atoms with E-state index in [0.29, 0.717) is 5.75 Å². The summed E-state index contributed by atoms with van der Waals surface area (Å²) in [6, 6.07) is 16.3. The molecule has 0 saturated carbocycles. The molecule has 0 aliphatic carbocycles. The van der Waals surface area contributed by atoms with Crippen LogP contribution in [-0.2, 0) is 27.4 Å². The summed E-state index contributed by atoms with van der Waals surface area (Å²) in [5, 5.41) is 0. The minimum absolute atomic E-state index is 0.141. The maximum Gasteiger partial charge on any atom is 0.310 e. The van der Waals surface area contributed by atoms with E-state index in [2.05, 4.69) is 0 Å². The molecule has 4 nitrogen and oxygen atoms in total. The van der Waals surface area contributed by atoms with Crippen LogP contribution in [0.2, 0.25) is 0 Å². The Morgan fingerprint density at radius 1 is 0.952 bits per heavy atom. The minimum Gasteiger partial charge on any atom is -0.461 e. The van der Waals surface area contributed by atoms with Crippen LogP contribution in [0.1, 0.15) is 18.1 Å². The molecule has 2 aromatic rings. The molecule has 0 amide bonds. The van der Waals surface area contributed by atoms with Crippen molar-refractivity contribution in [1.29, 1.82) is 0 Å². The zero-order valence-electron chi connectivity index (χ0n) is 11.7. The molecule has 0 heterocycles. The Labute approximate surface area is 123 Å². The van der Waals surface area contributed by atoms with Crippen LogP contribution in [0, 0.1) is 0 Å². The number of rotatable bonds is 5. The SMILES string of the molecule is CC(=O)Oc1cccc(CC(=O)OCc2ccccc2)c1. The molecule has 4 heteroatoms. The van der Waals surface area contributed by atoms with Gasteiger partial charge in [0.05, 0.1) is 6.42 Å². The fourth-order valence-corrected chi connectivity index (χ4v) is 1.84. The van der Waals surface area contributed by atoms with Crippen molar-refractivity contribution >= 4 is 11.9 Å². The van der Waals surface area contributed by atoms with E-state index >= 15 is 0 Å². The molecule has 0 atom stereocenters. The first-order chi connectivity index (χ1) is 10.1. The Bertz CT molecular complexity index is 620. The Morgan fingerprint density at radius 3 is 2.38 bits per heavy atom. The summed E-state index contributed by atoms with van der Waals surface area (Å²) in [4.78, 5) is 22.7. The number of hydrogen-bond donors (Lipinski definition) is 0. The van der Waals surface area contributed by atoms with Crippen molar-refractivity contribution < 1.29 is 19.1 Å². The van der Waals surface area contributed by atoms with Crippen molar-refractivity contribution in [3.8, 4) is 5.75 Å². The molecular formula is C17H16O4. The minimum atomic E-state index is -0.390. The van der Waals surface area contributed by atoms with Crippen molar-refractivity contribution in [3.63, 3.8) is 0 Å². The average Bonchev–Trinajstić information content (AvgIpc) is 2.46. The van der Waals surface area contributed by atoms with E-state index in [9.17, 15) is 9.59 Å². The Morgan fingerprint density at radius 2 is 1.67 bits per heavy atom. The van der Waals surface area contributed by atoms with Crippen LogP contribution in [0.4, 0.5) is 0 Å². The van der Waals surface area contributed by atoms with Gasteiger partial charge in [-0.1, -0.05) is 42.5 Å². The summed E-state index contributed by atoms with van der Waals surface area (Å²) in [7, 11) is 0. The monoisotopic (exact) mass is 284 g/mol. The van der Waals surface area contributed by atoms with Gasteiger partial charge in [-0.2, -0.15) is 0 Å². The van der Waals surface area contributed by atoms with Crippen LogP contribution in [-0.4, -0.2) is 11.9 Å². The van der Waals surface area contributed by atoms with Gasteiger partial charge in [0.25, 0.3) is 0 Å². The molecule has 0 unspecified atom stereocenters. The third-order valence-electron chi connectivity index (χ3n) is 2.75. The first kappa shape index (κ1) is 14.8. The fraction of sp³-hybridized carbons (Fsp3) is 0.176. The quantitative estimate of drug-likeness (QED) is 0.626. The summed E-state index contributed by atoms with van der Waals surface area (Å²) in [6.45, 7) is 1.59. The van der Waals surface area contributed by atoms with E-state index in [0.717, 1.165) is 11.1 Å². The van der Waals surface area contributed by atoms with Crippen molar-refractivity contribution in [1.82, 2.24) is 0 Å². The highest BCUT2D eigenvalue weighted by Gasteiger charge is 2.07. The van der Waals surface area contributed by atoms with Crippen molar-refractivity contribution in [2.75, 3.05) is 0 Å². The largest absolute Gasteiger partial charge is 0.461 e. The molecule has 21 heavy (non-hydrogen) atoms. The number of carbonyl (C=O) groups excluding carboxylic acids is 2. The van der Waals surface area contributed by atoms with Gasteiger partial charge in [-0.05, 0) is 23.3 Å². The van der Waals surface area contributed by atoms with Gasteiger partial charge in [0.2, 0.25) is 0 Å². The molecule has 2 rings (SSSR count). The highest BCUT2D eigenvalue weighted by molar-refractivity contribution is 5.73. The Balaban J connectivity index is 1.89. The second kappa shape index (κ2) is 7.24. The molecule has 108 valence electrons. The molecule has 0 N–H and O–H groups in total. The van der Waals surface area contributed by atoms with Crippen LogP contribution in [0.3, 0.4) is 0 Å². The van der Waals surface area contributed by atoms with Gasteiger partial charge >= 0.3 is 11.9 Å². The summed E-state index contributed by atoms with van der Waals surface area (Å²) >= 11 is 0. The van der Waals surface area contributed by atoms with Gasteiger partial charge in [-0.15, -0.1) is 0 Å². The number of benzene rings is 2. The lowest BCUT2D eigenvalue weighted by Crippen LogP contribution is -2.08. The molecule has 0 radical (unpaired) electrons. The molecule has 2 aromatic carbocycles. The van der Waals surface area contributed by atoms with Gasteiger partial charge in [0, 0.05) is 6.92 Å². The van der Waals surface area contributed by atoms with Gasteiger partial charge in [0.1, 0.15) is 12.4 Å². The highest BCUT2D eigenvalue weighted by atomic mass is 16.5. The molecule has 0 aromatic heterocycles. The molecule has 0 saturated heterocycles. The first-order valence-corrected chi connectivity index (χ1v) is 6.60. The van der Waals surface area contributed by atoms with Crippen LogP contribution < -0.4 is 4.74 Å². The van der Waals surface area contributed by atoms with E-state index < -0.39 is 0 Å².